The number of rotatable bonds is 17. The van der Waals surface area contributed by atoms with Crippen LogP contribution in [0.15, 0.2) is 196 Å². The Morgan fingerprint density at radius 1 is 0.480 bits per heavy atom. The van der Waals surface area contributed by atoms with Crippen molar-refractivity contribution in [2.24, 2.45) is 0 Å². The fraction of sp³-hybridized carbons (Fsp3) is 0.330. The molecule has 3 aliphatic heterocycles. The lowest BCUT2D eigenvalue weighted by Crippen LogP contribution is -2.41. The Hall–Kier alpha value is -13.3. The highest BCUT2D eigenvalue weighted by Crippen LogP contribution is 2.44. The Morgan fingerprint density at radius 2 is 0.853 bits per heavy atom. The van der Waals surface area contributed by atoms with Crippen molar-refractivity contribution in [1.29, 1.82) is 6.60 Å². The summed E-state index contributed by atoms with van der Waals surface area (Å²) in [6.45, 7) is 20.4. The Balaban J connectivity index is 0.000000221. The molecule has 6 aromatic heterocycles. The molecule has 29 nitrogen and oxygen atoms in total. The van der Waals surface area contributed by atoms with E-state index in [2.05, 4.69) is 85.5 Å². The maximum absolute atomic E-state index is 13.3. The normalized spacial score (nSPS) is 13.7. The summed E-state index contributed by atoms with van der Waals surface area (Å²) in [6.07, 6.45) is -9.98. The molecule has 4 amide bonds. The summed E-state index contributed by atoms with van der Waals surface area (Å²) in [5.74, 6) is -3.20. The molecular weight excluding hydrogens is 2160 g/mol. The van der Waals surface area contributed by atoms with Gasteiger partial charge in [-0.25, -0.2) is 4.79 Å². The van der Waals surface area contributed by atoms with Gasteiger partial charge in [0.25, 0.3) is 23.6 Å². The Kier molecular flexibility index (Phi) is 43.2. The summed E-state index contributed by atoms with van der Waals surface area (Å²) in [6, 6.07) is 43.1. The van der Waals surface area contributed by atoms with Gasteiger partial charge in [-0.15, -0.1) is 52.7 Å². The van der Waals surface area contributed by atoms with Gasteiger partial charge >= 0.3 is 38.5 Å². The lowest BCUT2D eigenvalue weighted by Gasteiger charge is -2.32. The summed E-state index contributed by atoms with van der Waals surface area (Å²) < 4.78 is 225. The van der Waals surface area contributed by atoms with Gasteiger partial charge in [0.05, 0.1) is 75.6 Å². The summed E-state index contributed by atoms with van der Waals surface area (Å²) >= 11 is 13.9. The predicted octanol–water partition coefficient (Wildman–Crippen LogP) is 23.7. The SMILES string of the molecule is CC1(C)OB(c2ccc(OC3CCOCC3)c(C#N)c2)OC1(C)C.CCC.CN(C)C(=O)c1ccc(-c2cc3nccc(Cl)c3o2)c(OC(F)(F)F)c1.Cc1cc(-c2ccnc3cc(-c4ccc(C(=O)N(C)C)cc4OC(F)(F)F)oc23)ccc1OC1CCOCC1.Cc1cc(C(=O)N(C)C)ccc1N.Cc1ccc(C(=O)N(C)C)cc1OC(F)(F)F.Clc1ccnc2cc(I)oc12.Nc1ccc(C(=O)O)cc1OC(F)(F)F.[2H][B]P. The smallest absolute Gasteiger partial charge is 0.490 e. The third kappa shape index (κ3) is 35.4. The standard InChI is InChI=1S/C29H27F3N2O5.C18H24BNO4.C17H12ClF3N2O3.C11H12F3NO2.C10H14N2O.C8H6F3NO3.C7H3ClINO.C3H8.BH3P/c1-17-14-18(5-7-24(17)37-20-9-12-36-13-10-20)21-8-11-33-23-16-25(38-27(21)23)22-6-4-19(28(35)34(2)3)15-26(22)39-29(30,31)32;1-17(2)18(3,4)24-19(23-17)14-5-6-16(13(11-14)12-20)22-15-7-9-21-10-8-15;1-23(2)16(24)9-3-4-10(14(7-9)26-17(19,20)21)13-8-12-15(25-13)11(18)5-6-22-12;1-7-4-5-8(10(16)15(2)3)6-9(7)17-11(12,13)14;1-7-6-8(4-5-9(7)11)10(13)12(2)3;9-8(10,11)15-6-3-4(7(13)14)1-2-5(6)12;8-4-1-2-10-5-3-6(9)11-7(4)5;1-3-2;1-2/h4-8,11,14-16,20H,9-10,12-13H2,1-3H3;5-6,11,15H,7-10H2,1-4H3;3-8H,1-2H3;4-6H,1-3H3;4-6H,11H2,1-3H3;1-3H,12H2,(H,13,14);1-3H;3H2,1-2H3;1H,2H2/i;;;;;;;;1D. The number of benzene rings is 7. The van der Waals surface area contributed by atoms with E-state index in [4.69, 9.17) is 82.6 Å². The van der Waals surface area contributed by atoms with Crippen LogP contribution >= 0.6 is 54.9 Å². The number of ether oxygens (including phenoxy) is 8. The molecule has 0 aliphatic carbocycles. The van der Waals surface area contributed by atoms with Gasteiger partial charge in [-0.3, -0.25) is 34.1 Å². The Labute approximate surface area is 885 Å². The van der Waals surface area contributed by atoms with E-state index in [0.717, 1.165) is 104 Å². The molecule has 1 atom stereocenters. The molecule has 16 rings (SSSR count). The number of fused-ring (bicyclic) bond motifs is 3. The van der Waals surface area contributed by atoms with Gasteiger partial charge in [-0.05, 0) is 228 Å². The second-order valence-corrected chi connectivity index (χ2v) is 36.8. The second-order valence-electron chi connectivity index (χ2n) is 34.9. The molecule has 0 spiro atoms. The van der Waals surface area contributed by atoms with Crippen LogP contribution in [0.25, 0.3) is 67.1 Å². The third-order valence-electron chi connectivity index (χ3n) is 21.9. The molecule has 13 aromatic rings. The molecular formula is C103H109B2Cl2F12IN10O19P. The van der Waals surface area contributed by atoms with Crippen molar-refractivity contribution in [1.82, 2.24) is 34.6 Å². The van der Waals surface area contributed by atoms with Crippen LogP contribution in [0, 0.1) is 35.9 Å². The number of carbonyl (C=O) groups excluding carboxylic acids is 4. The lowest BCUT2D eigenvalue weighted by molar-refractivity contribution is -0.275. The van der Waals surface area contributed by atoms with Crippen molar-refractivity contribution < 1.29 is 142 Å². The van der Waals surface area contributed by atoms with Crippen LogP contribution in [0.5, 0.6) is 34.5 Å². The molecule has 0 bridgehead atoms. The van der Waals surface area contributed by atoms with E-state index in [0.29, 0.717) is 82.2 Å². The van der Waals surface area contributed by atoms with Crippen LogP contribution in [-0.4, -0.2) is 217 Å². The lowest BCUT2D eigenvalue weighted by atomic mass is 9.78. The summed E-state index contributed by atoms with van der Waals surface area (Å²) in [4.78, 5) is 75.7. The van der Waals surface area contributed by atoms with Crippen LogP contribution in [0.2, 0.25) is 10.0 Å². The predicted molar refractivity (Wildman–Crippen MR) is 558 cm³/mol. The van der Waals surface area contributed by atoms with Crippen molar-refractivity contribution in [3.63, 3.8) is 0 Å². The number of nitrogens with zero attached hydrogens (tertiary/aromatic N) is 8. The minimum Gasteiger partial charge on any atom is -0.490 e. The van der Waals surface area contributed by atoms with E-state index in [1.165, 1.54) is 133 Å². The number of halogens is 15. The fourth-order valence-corrected chi connectivity index (χ4v) is 14.7. The van der Waals surface area contributed by atoms with Gasteiger partial charge in [0, 0.05) is 152 Å². The number of carbonyl (C=O) groups is 5. The highest BCUT2D eigenvalue weighted by molar-refractivity contribution is 14.1. The number of nitrogen functional groups attached to an aromatic ring is 2. The molecule has 47 heteroatoms. The topological polar surface area (TPSA) is 365 Å². The number of aromatic carboxylic acids is 1. The number of nitrogens with two attached hydrogens (primary N) is 2. The maximum atomic E-state index is 13.3. The van der Waals surface area contributed by atoms with Crippen molar-refractivity contribution in [2.75, 3.05) is 94.3 Å². The number of aromatic nitrogens is 3. The number of nitriles is 1. The van der Waals surface area contributed by atoms with E-state index in [1.54, 1.807) is 73.9 Å². The van der Waals surface area contributed by atoms with Gasteiger partial charge in [-0.2, -0.15) is 14.4 Å². The molecule has 801 valence electrons. The van der Waals surface area contributed by atoms with Gasteiger partial charge < -0.3 is 96.6 Å². The zero-order valence-electron chi connectivity index (χ0n) is 85.3. The largest absolute Gasteiger partial charge is 0.573 e. The number of amides is 4. The number of carboxylic acid groups (broad SMARTS) is 1. The van der Waals surface area contributed by atoms with E-state index < -0.39 is 78.8 Å². The first-order valence-corrected chi connectivity index (χ1v) is 48.0. The highest BCUT2D eigenvalue weighted by atomic mass is 127. The molecule has 0 saturated carbocycles. The molecule has 1 unspecified atom stereocenters. The Bertz CT molecular complexity index is 6890. The highest BCUT2D eigenvalue weighted by Gasteiger charge is 2.52. The number of anilines is 2. The van der Waals surface area contributed by atoms with Crippen LogP contribution < -0.4 is 45.4 Å². The molecule has 9 heterocycles. The van der Waals surface area contributed by atoms with Crippen LogP contribution in [0.3, 0.4) is 0 Å². The number of alkyl halides is 12. The zero-order valence-corrected chi connectivity index (χ0v) is 89.1. The first kappa shape index (κ1) is 120. The van der Waals surface area contributed by atoms with Crippen molar-refractivity contribution in [2.45, 2.75) is 143 Å². The number of carboxylic acids is 1. The van der Waals surface area contributed by atoms with E-state index in [-0.39, 0.29) is 91.0 Å². The minimum atomic E-state index is -4.96. The quantitative estimate of drug-likeness (QED) is 0.0250. The summed E-state index contributed by atoms with van der Waals surface area (Å²) in [7, 11) is 15.3. The second kappa shape index (κ2) is 53.9. The van der Waals surface area contributed by atoms with E-state index in [9.17, 15) is 81.9 Å². The molecule has 1 radical (unpaired) electrons. The van der Waals surface area contributed by atoms with Crippen molar-refractivity contribution >= 4 is 149 Å². The van der Waals surface area contributed by atoms with Crippen LogP contribution in [0.4, 0.5) is 64.1 Å². The average Bonchev–Trinajstić information content (AvgIpc) is 1.66. The monoisotopic (exact) mass is 2270 g/mol. The van der Waals surface area contributed by atoms with Crippen molar-refractivity contribution in [3.8, 4) is 74.3 Å². The van der Waals surface area contributed by atoms with Gasteiger partial charge in [-0.1, -0.05) is 61.7 Å². The number of furan rings is 3. The Morgan fingerprint density at radius 3 is 1.28 bits per heavy atom. The summed E-state index contributed by atoms with van der Waals surface area (Å²) in [5, 5.41) is 18.9. The zero-order chi connectivity index (χ0) is 112. The molecule has 7 aromatic carbocycles. The molecule has 3 aliphatic rings. The van der Waals surface area contributed by atoms with Gasteiger partial charge in [0.1, 0.15) is 82.6 Å². The molecule has 3 fully saturated rings. The maximum Gasteiger partial charge on any atom is 0.573 e. The van der Waals surface area contributed by atoms with Crippen molar-refractivity contribution in [3.05, 3.63) is 246 Å². The average molecular weight is 2270 g/mol. The summed E-state index contributed by atoms with van der Waals surface area (Å²) in [5.41, 5.74) is 19.2. The van der Waals surface area contributed by atoms with Gasteiger partial charge in [0.15, 0.2) is 26.3 Å². The van der Waals surface area contributed by atoms with E-state index in [1.807, 2.05) is 77.9 Å². The number of aryl methyl sites for hydroxylation is 3. The number of hydrogen-bond donors (Lipinski definition) is 3. The molecule has 3 saturated heterocycles. The number of pyridine rings is 3. The first-order chi connectivity index (χ1) is 70.7. The first-order valence-electron chi connectivity index (χ1n) is 46.1. The van der Waals surface area contributed by atoms with Gasteiger partial charge in [0.2, 0.25) is 0 Å². The molecule has 5 N–H and O–H groups in total. The fourth-order valence-electron chi connectivity index (χ4n) is 13.8. The third-order valence-corrected chi connectivity index (χ3v) is 23.0. The van der Waals surface area contributed by atoms with Crippen LogP contribution in [0.1, 0.15) is 148 Å². The molecule has 150 heavy (non-hydrogen) atoms. The minimum absolute atomic E-state index is 0.00287. The number of hydrogen-bond acceptors (Lipinski definition) is 24. The van der Waals surface area contributed by atoms with E-state index >= 15 is 0 Å². The van der Waals surface area contributed by atoms with Crippen LogP contribution in [-0.2, 0) is 18.8 Å².